The zero-order valence-electron chi connectivity index (χ0n) is 10.9. The van der Waals surface area contributed by atoms with Crippen LogP contribution in [0.5, 0.6) is 0 Å². The first-order valence-corrected chi connectivity index (χ1v) is 6.84. The minimum Gasteiger partial charge on any atom is -0.376 e. The molecule has 0 bridgehead atoms. The van der Waals surface area contributed by atoms with E-state index in [1.807, 2.05) is 25.1 Å². The molecule has 1 atom stereocenters. The van der Waals surface area contributed by atoms with Gasteiger partial charge in [-0.2, -0.15) is 0 Å². The summed E-state index contributed by atoms with van der Waals surface area (Å²) < 4.78 is 5.48. The van der Waals surface area contributed by atoms with Gasteiger partial charge in [0.05, 0.1) is 6.10 Å². The number of rotatable bonds is 3. The maximum atomic E-state index is 12.0. The Morgan fingerprint density at radius 3 is 2.95 bits per heavy atom. The minimum absolute atomic E-state index is 0.178. The zero-order valence-corrected chi connectivity index (χ0v) is 11.8. The molecule has 1 aliphatic heterocycles. The molecular formula is C14H18N2O2S. The van der Waals surface area contributed by atoms with Gasteiger partial charge < -0.3 is 10.1 Å². The van der Waals surface area contributed by atoms with E-state index in [2.05, 4.69) is 10.6 Å². The van der Waals surface area contributed by atoms with Crippen LogP contribution in [-0.4, -0.2) is 30.3 Å². The van der Waals surface area contributed by atoms with Crippen LogP contribution in [0.15, 0.2) is 24.3 Å². The molecule has 0 radical (unpaired) electrons. The largest absolute Gasteiger partial charge is 0.376 e. The van der Waals surface area contributed by atoms with Gasteiger partial charge in [0.1, 0.15) is 0 Å². The molecule has 1 fully saturated rings. The summed E-state index contributed by atoms with van der Waals surface area (Å²) >= 11 is 5.11. The number of carbonyl (C=O) groups is 1. The van der Waals surface area contributed by atoms with E-state index in [9.17, 15) is 4.79 Å². The average molecular weight is 278 g/mol. The molecule has 1 aromatic carbocycles. The van der Waals surface area contributed by atoms with Crippen molar-refractivity contribution in [3.8, 4) is 0 Å². The number of nitrogens with one attached hydrogen (secondary N) is 2. The highest BCUT2D eigenvalue weighted by Gasteiger charge is 2.16. The lowest BCUT2D eigenvalue weighted by Gasteiger charge is -2.13. The van der Waals surface area contributed by atoms with Crippen LogP contribution in [0.2, 0.25) is 0 Å². The van der Waals surface area contributed by atoms with Crippen LogP contribution in [0.4, 0.5) is 0 Å². The van der Waals surface area contributed by atoms with Gasteiger partial charge in [-0.15, -0.1) is 0 Å². The lowest BCUT2D eigenvalue weighted by atomic mass is 10.1. The predicted octanol–water partition coefficient (Wildman–Crippen LogP) is 1.78. The molecule has 5 heteroatoms. The molecule has 0 saturated carbocycles. The summed E-state index contributed by atoms with van der Waals surface area (Å²) in [6, 6.07) is 7.43. The van der Waals surface area contributed by atoms with Crippen LogP contribution < -0.4 is 10.6 Å². The quantitative estimate of drug-likeness (QED) is 0.828. The summed E-state index contributed by atoms with van der Waals surface area (Å²) in [5.74, 6) is -0.178. The molecular weight excluding hydrogens is 260 g/mol. The molecule has 19 heavy (non-hydrogen) atoms. The number of thiocarbonyl (C=S) groups is 1. The van der Waals surface area contributed by atoms with E-state index >= 15 is 0 Å². The molecule has 2 rings (SSSR count). The number of hydrogen-bond acceptors (Lipinski definition) is 3. The van der Waals surface area contributed by atoms with Crippen molar-refractivity contribution in [1.29, 1.82) is 0 Å². The van der Waals surface area contributed by atoms with E-state index in [1.165, 1.54) is 0 Å². The van der Waals surface area contributed by atoms with E-state index in [-0.39, 0.29) is 12.0 Å². The van der Waals surface area contributed by atoms with Crippen LogP contribution in [0.1, 0.15) is 28.8 Å². The molecule has 4 nitrogen and oxygen atoms in total. The Balaban J connectivity index is 1.81. The molecule has 0 aliphatic carbocycles. The Morgan fingerprint density at radius 2 is 2.26 bits per heavy atom. The van der Waals surface area contributed by atoms with Gasteiger partial charge in [-0.3, -0.25) is 10.1 Å². The van der Waals surface area contributed by atoms with Gasteiger partial charge in [-0.1, -0.05) is 18.2 Å². The smallest absolute Gasteiger partial charge is 0.257 e. The topological polar surface area (TPSA) is 50.4 Å². The first kappa shape index (κ1) is 14.0. The van der Waals surface area contributed by atoms with Crippen molar-refractivity contribution < 1.29 is 9.53 Å². The van der Waals surface area contributed by atoms with Gasteiger partial charge >= 0.3 is 0 Å². The maximum absolute atomic E-state index is 12.0. The van der Waals surface area contributed by atoms with Crippen LogP contribution in [-0.2, 0) is 4.74 Å². The van der Waals surface area contributed by atoms with Crippen LogP contribution in [0, 0.1) is 6.92 Å². The van der Waals surface area contributed by atoms with Gasteiger partial charge in [0.25, 0.3) is 5.91 Å². The monoisotopic (exact) mass is 278 g/mol. The standard InChI is InChI=1S/C14H18N2O2S/c1-10-5-2-3-7-12(10)13(17)16-14(19)15-9-11-6-4-8-18-11/h2-3,5,7,11H,4,6,8-9H2,1H3,(H2,15,16,17,19)/t11-/m0/s1. The molecule has 1 aliphatic rings. The zero-order chi connectivity index (χ0) is 13.7. The molecule has 1 aromatic rings. The lowest BCUT2D eigenvalue weighted by molar-refractivity contribution is 0.0972. The van der Waals surface area contributed by atoms with Crippen molar-refractivity contribution in [2.75, 3.05) is 13.2 Å². The van der Waals surface area contributed by atoms with Gasteiger partial charge in [-0.25, -0.2) is 0 Å². The first-order chi connectivity index (χ1) is 9.16. The molecule has 1 saturated heterocycles. The summed E-state index contributed by atoms with van der Waals surface area (Å²) in [7, 11) is 0. The number of hydrogen-bond donors (Lipinski definition) is 2. The number of benzene rings is 1. The first-order valence-electron chi connectivity index (χ1n) is 6.43. The van der Waals surface area contributed by atoms with E-state index in [4.69, 9.17) is 17.0 Å². The molecule has 0 aromatic heterocycles. The van der Waals surface area contributed by atoms with E-state index in [0.717, 1.165) is 25.0 Å². The normalized spacial score (nSPS) is 18.1. The maximum Gasteiger partial charge on any atom is 0.257 e. The van der Waals surface area contributed by atoms with E-state index in [0.29, 0.717) is 17.2 Å². The Labute approximate surface area is 118 Å². The fourth-order valence-electron chi connectivity index (χ4n) is 2.05. The van der Waals surface area contributed by atoms with E-state index in [1.54, 1.807) is 6.07 Å². The number of ether oxygens (including phenoxy) is 1. The Bertz CT molecular complexity index is 470. The highest BCUT2D eigenvalue weighted by atomic mass is 32.1. The third kappa shape index (κ3) is 4.01. The highest BCUT2D eigenvalue weighted by Crippen LogP contribution is 2.10. The fraction of sp³-hybridized carbons (Fsp3) is 0.429. The summed E-state index contributed by atoms with van der Waals surface area (Å²) in [5, 5.41) is 6.06. The van der Waals surface area contributed by atoms with Crippen molar-refractivity contribution in [2.24, 2.45) is 0 Å². The lowest BCUT2D eigenvalue weighted by Crippen LogP contribution is -2.42. The Morgan fingerprint density at radius 1 is 1.47 bits per heavy atom. The molecule has 102 valence electrons. The SMILES string of the molecule is Cc1ccccc1C(=O)NC(=S)NC[C@@H]1CCCO1. The molecule has 1 amide bonds. The van der Waals surface area contributed by atoms with Crippen LogP contribution in [0.3, 0.4) is 0 Å². The third-order valence-corrected chi connectivity index (χ3v) is 3.38. The summed E-state index contributed by atoms with van der Waals surface area (Å²) in [6.45, 7) is 3.36. The average Bonchev–Trinajstić information content (AvgIpc) is 2.90. The summed E-state index contributed by atoms with van der Waals surface area (Å²) in [4.78, 5) is 12.0. The van der Waals surface area contributed by atoms with Crippen molar-refractivity contribution in [3.63, 3.8) is 0 Å². The molecule has 0 unspecified atom stereocenters. The predicted molar refractivity (Wildman–Crippen MR) is 78.2 cm³/mol. The van der Waals surface area contributed by atoms with Gasteiger partial charge in [0, 0.05) is 18.7 Å². The van der Waals surface area contributed by atoms with Crippen molar-refractivity contribution in [2.45, 2.75) is 25.9 Å². The number of amides is 1. The van der Waals surface area contributed by atoms with Gasteiger partial charge in [0.2, 0.25) is 0 Å². The molecule has 0 spiro atoms. The summed E-state index contributed by atoms with van der Waals surface area (Å²) in [5.41, 5.74) is 1.57. The minimum atomic E-state index is -0.178. The van der Waals surface area contributed by atoms with Crippen molar-refractivity contribution in [1.82, 2.24) is 10.6 Å². The molecule has 2 N–H and O–H groups in total. The number of carbonyl (C=O) groups excluding carboxylic acids is 1. The van der Waals surface area contributed by atoms with Crippen molar-refractivity contribution >= 4 is 23.2 Å². The molecule has 1 heterocycles. The second kappa shape index (κ2) is 6.63. The second-order valence-corrected chi connectivity index (χ2v) is 5.02. The summed E-state index contributed by atoms with van der Waals surface area (Å²) in [6.07, 6.45) is 2.34. The highest BCUT2D eigenvalue weighted by molar-refractivity contribution is 7.80. The van der Waals surface area contributed by atoms with Gasteiger partial charge in [-0.05, 0) is 43.6 Å². The van der Waals surface area contributed by atoms with E-state index < -0.39 is 0 Å². The number of aryl methyl sites for hydroxylation is 1. The Kier molecular flexibility index (Phi) is 4.87. The van der Waals surface area contributed by atoms with Crippen molar-refractivity contribution in [3.05, 3.63) is 35.4 Å². The Hall–Kier alpha value is -1.46. The third-order valence-electron chi connectivity index (χ3n) is 3.13. The van der Waals surface area contributed by atoms with Crippen LogP contribution in [0.25, 0.3) is 0 Å². The van der Waals surface area contributed by atoms with Crippen LogP contribution >= 0.6 is 12.2 Å². The fourth-order valence-corrected chi connectivity index (χ4v) is 2.23. The second-order valence-electron chi connectivity index (χ2n) is 4.61. The van der Waals surface area contributed by atoms with Gasteiger partial charge in [0.15, 0.2) is 5.11 Å².